The van der Waals surface area contributed by atoms with Crippen LogP contribution in [0.1, 0.15) is 27.2 Å². The third kappa shape index (κ3) is 2.91. The van der Waals surface area contributed by atoms with Crippen molar-refractivity contribution in [2.75, 3.05) is 18.1 Å². The molecule has 1 atom stereocenters. The maximum atomic E-state index is 12.5. The predicted molar refractivity (Wildman–Crippen MR) is 92.0 cm³/mol. The van der Waals surface area contributed by atoms with Crippen LogP contribution in [0.2, 0.25) is 0 Å². The van der Waals surface area contributed by atoms with Gasteiger partial charge in [0.25, 0.3) is 5.56 Å². The molecular weight excluding hydrogens is 306 g/mol. The largest absolute Gasteiger partial charge is 0.372 e. The lowest BCUT2D eigenvalue weighted by atomic mass is 9.93. The molecule has 7 heteroatoms. The van der Waals surface area contributed by atoms with Gasteiger partial charge in [0.1, 0.15) is 6.33 Å². The summed E-state index contributed by atoms with van der Waals surface area (Å²) in [4.78, 5) is 27.5. The van der Waals surface area contributed by atoms with Crippen molar-refractivity contribution >= 4 is 5.95 Å². The number of hydrogen-bond donors (Lipinski definition) is 0. The third-order valence-corrected chi connectivity index (χ3v) is 4.58. The van der Waals surface area contributed by atoms with Crippen molar-refractivity contribution in [3.05, 3.63) is 35.0 Å². The molecule has 7 nitrogen and oxygen atoms in total. The van der Waals surface area contributed by atoms with Crippen LogP contribution in [0, 0.1) is 0 Å². The number of morpholine rings is 1. The predicted octanol–water partition coefficient (Wildman–Crippen LogP) is 1.63. The quantitative estimate of drug-likeness (QED) is 0.852. The van der Waals surface area contributed by atoms with E-state index in [0.717, 1.165) is 6.42 Å². The lowest BCUT2D eigenvalue weighted by molar-refractivity contribution is -0.0588. The van der Waals surface area contributed by atoms with Crippen molar-refractivity contribution in [1.29, 1.82) is 0 Å². The van der Waals surface area contributed by atoms with Gasteiger partial charge in [-0.15, -0.1) is 0 Å². The fourth-order valence-corrected chi connectivity index (χ4v) is 3.34. The van der Waals surface area contributed by atoms with E-state index in [1.807, 2.05) is 0 Å². The average Bonchev–Trinajstić information content (AvgIpc) is 2.57. The van der Waals surface area contributed by atoms with Gasteiger partial charge in [0, 0.05) is 25.9 Å². The smallest absolute Gasteiger partial charge is 0.255 e. The first-order chi connectivity index (χ1) is 11.4. The van der Waals surface area contributed by atoms with E-state index in [1.165, 1.54) is 12.4 Å². The Kier molecular flexibility index (Phi) is 4.36. The van der Waals surface area contributed by atoms with Gasteiger partial charge < -0.3 is 9.64 Å². The van der Waals surface area contributed by atoms with Gasteiger partial charge in [0.15, 0.2) is 0 Å². The minimum Gasteiger partial charge on any atom is -0.372 e. The van der Waals surface area contributed by atoms with Crippen LogP contribution >= 0.6 is 0 Å². The normalized spacial score (nSPS) is 20.2. The summed E-state index contributed by atoms with van der Waals surface area (Å²) < 4.78 is 7.52. The summed E-state index contributed by atoms with van der Waals surface area (Å²) in [6, 6.07) is 3.41. The van der Waals surface area contributed by atoms with E-state index >= 15 is 0 Å². The summed E-state index contributed by atoms with van der Waals surface area (Å²) in [6.45, 7) is 7.60. The van der Waals surface area contributed by atoms with E-state index in [2.05, 4.69) is 35.6 Å². The monoisotopic (exact) mass is 329 g/mol. The number of ether oxygens (including phenoxy) is 1. The Bertz CT molecular complexity index is 772. The summed E-state index contributed by atoms with van der Waals surface area (Å²) in [6.07, 6.45) is 4.01. The maximum Gasteiger partial charge on any atom is 0.255 e. The first-order valence-corrected chi connectivity index (χ1v) is 8.19. The third-order valence-electron chi connectivity index (χ3n) is 4.58. The fourth-order valence-electron chi connectivity index (χ4n) is 3.34. The zero-order chi connectivity index (χ0) is 17.3. The second-order valence-electron chi connectivity index (χ2n) is 6.50. The number of hydrogen-bond acceptors (Lipinski definition) is 6. The van der Waals surface area contributed by atoms with E-state index in [0.29, 0.717) is 30.5 Å². The van der Waals surface area contributed by atoms with Gasteiger partial charge in [-0.05, 0) is 26.3 Å². The zero-order valence-corrected chi connectivity index (χ0v) is 14.6. The SMILES string of the molecule is CCC1N(c2nc(-c3ccncn3)cc(=O)n2C)CCOC1(C)C. The molecule has 1 unspecified atom stereocenters. The van der Waals surface area contributed by atoms with Crippen LogP contribution in [0.3, 0.4) is 0 Å². The molecule has 1 aliphatic rings. The molecule has 2 aromatic heterocycles. The summed E-state index contributed by atoms with van der Waals surface area (Å²) in [5.74, 6) is 0.652. The zero-order valence-electron chi connectivity index (χ0n) is 14.6. The Hall–Kier alpha value is -2.28. The minimum atomic E-state index is -0.296. The Morgan fingerprint density at radius 1 is 1.38 bits per heavy atom. The summed E-state index contributed by atoms with van der Waals surface area (Å²) >= 11 is 0. The van der Waals surface area contributed by atoms with Crippen molar-refractivity contribution in [2.45, 2.75) is 38.8 Å². The number of nitrogens with zero attached hydrogens (tertiary/aromatic N) is 5. The maximum absolute atomic E-state index is 12.5. The van der Waals surface area contributed by atoms with Gasteiger partial charge in [0.2, 0.25) is 5.95 Å². The van der Waals surface area contributed by atoms with Crippen molar-refractivity contribution in [3.8, 4) is 11.4 Å². The van der Waals surface area contributed by atoms with Crippen LogP contribution in [-0.4, -0.2) is 44.3 Å². The summed E-state index contributed by atoms with van der Waals surface area (Å²) in [5.41, 5.74) is 0.808. The molecule has 0 aliphatic carbocycles. The Balaban J connectivity index is 2.10. The lowest BCUT2D eigenvalue weighted by Gasteiger charge is -2.46. The standard InChI is InChI=1S/C17H23N5O2/c1-5-14-17(2,3)24-9-8-22(14)16-20-13(10-15(23)21(16)4)12-6-7-18-11-19-12/h6-7,10-11,14H,5,8-9H2,1-4H3. The van der Waals surface area contributed by atoms with Crippen LogP contribution in [0.25, 0.3) is 11.4 Å². The molecule has 2 aromatic rings. The number of aromatic nitrogens is 4. The molecular formula is C17H23N5O2. The van der Waals surface area contributed by atoms with Crippen molar-refractivity contribution in [2.24, 2.45) is 7.05 Å². The van der Waals surface area contributed by atoms with Gasteiger partial charge >= 0.3 is 0 Å². The van der Waals surface area contributed by atoms with E-state index in [9.17, 15) is 4.79 Å². The molecule has 1 fully saturated rings. The lowest BCUT2D eigenvalue weighted by Crippen LogP contribution is -2.58. The van der Waals surface area contributed by atoms with Gasteiger partial charge in [-0.1, -0.05) is 6.92 Å². The molecule has 3 rings (SSSR count). The van der Waals surface area contributed by atoms with E-state index in [1.54, 1.807) is 23.9 Å². The van der Waals surface area contributed by atoms with Crippen molar-refractivity contribution < 1.29 is 4.74 Å². The van der Waals surface area contributed by atoms with Gasteiger partial charge in [-0.2, -0.15) is 0 Å². The number of anilines is 1. The van der Waals surface area contributed by atoms with E-state index in [-0.39, 0.29) is 17.2 Å². The van der Waals surface area contributed by atoms with E-state index in [4.69, 9.17) is 9.72 Å². The first kappa shape index (κ1) is 16.6. The van der Waals surface area contributed by atoms with Crippen LogP contribution < -0.4 is 10.5 Å². The Morgan fingerprint density at radius 3 is 2.83 bits per heavy atom. The molecule has 3 heterocycles. The Morgan fingerprint density at radius 2 is 2.17 bits per heavy atom. The molecule has 24 heavy (non-hydrogen) atoms. The molecule has 1 aliphatic heterocycles. The molecule has 0 aromatic carbocycles. The molecule has 0 saturated carbocycles. The van der Waals surface area contributed by atoms with Crippen LogP contribution in [0.15, 0.2) is 29.5 Å². The van der Waals surface area contributed by atoms with Crippen LogP contribution in [0.5, 0.6) is 0 Å². The molecule has 0 N–H and O–H groups in total. The van der Waals surface area contributed by atoms with Crippen LogP contribution in [0.4, 0.5) is 5.95 Å². The summed E-state index contributed by atoms with van der Waals surface area (Å²) in [5, 5.41) is 0. The molecule has 0 amide bonds. The van der Waals surface area contributed by atoms with Gasteiger partial charge in [0.05, 0.1) is 29.6 Å². The summed E-state index contributed by atoms with van der Waals surface area (Å²) in [7, 11) is 1.75. The van der Waals surface area contributed by atoms with Crippen molar-refractivity contribution in [1.82, 2.24) is 19.5 Å². The molecule has 0 radical (unpaired) electrons. The highest BCUT2D eigenvalue weighted by Crippen LogP contribution is 2.30. The van der Waals surface area contributed by atoms with Crippen molar-refractivity contribution in [3.63, 3.8) is 0 Å². The molecule has 128 valence electrons. The van der Waals surface area contributed by atoms with Gasteiger partial charge in [-0.3, -0.25) is 9.36 Å². The molecule has 0 spiro atoms. The second-order valence-corrected chi connectivity index (χ2v) is 6.50. The highest BCUT2D eigenvalue weighted by atomic mass is 16.5. The van der Waals surface area contributed by atoms with Gasteiger partial charge in [-0.25, -0.2) is 15.0 Å². The number of rotatable bonds is 3. The Labute approximate surface area is 141 Å². The fraction of sp³-hybridized carbons (Fsp3) is 0.529. The topological polar surface area (TPSA) is 73.1 Å². The molecule has 0 bridgehead atoms. The first-order valence-electron chi connectivity index (χ1n) is 8.19. The highest BCUT2D eigenvalue weighted by Gasteiger charge is 2.39. The van der Waals surface area contributed by atoms with Crippen LogP contribution in [-0.2, 0) is 11.8 Å². The minimum absolute atomic E-state index is 0.104. The van der Waals surface area contributed by atoms with E-state index < -0.39 is 0 Å². The highest BCUT2D eigenvalue weighted by molar-refractivity contribution is 5.55. The second kappa shape index (κ2) is 6.32. The average molecular weight is 329 g/mol. The molecule has 1 saturated heterocycles.